The van der Waals surface area contributed by atoms with Gasteiger partial charge in [0.1, 0.15) is 11.5 Å². The van der Waals surface area contributed by atoms with Crippen molar-refractivity contribution in [2.75, 3.05) is 12.3 Å². The summed E-state index contributed by atoms with van der Waals surface area (Å²) in [5.74, 6) is 0.746. The van der Waals surface area contributed by atoms with E-state index in [1.165, 1.54) is 19.1 Å². The Kier molecular flexibility index (Phi) is 4.19. The molecule has 0 amide bonds. The maximum atomic E-state index is 10.8. The second-order valence-electron chi connectivity index (χ2n) is 3.33. The van der Waals surface area contributed by atoms with E-state index >= 15 is 0 Å². The minimum Gasteiger partial charge on any atom is -0.494 e. The Hall–Kier alpha value is -1.47. The lowest BCUT2D eigenvalue weighted by Gasteiger charge is -2.14. The summed E-state index contributed by atoms with van der Waals surface area (Å²) >= 11 is 0. The quantitative estimate of drug-likeness (QED) is 0.612. The van der Waals surface area contributed by atoms with Gasteiger partial charge in [0.2, 0.25) is 5.44 Å². The summed E-state index contributed by atoms with van der Waals surface area (Å²) in [5, 5.41) is 0. The van der Waals surface area contributed by atoms with E-state index in [0.29, 0.717) is 12.4 Å². The van der Waals surface area contributed by atoms with Gasteiger partial charge in [-0.25, -0.2) is 0 Å². The lowest BCUT2D eigenvalue weighted by Crippen LogP contribution is -2.23. The molecule has 6 nitrogen and oxygen atoms in total. The molecule has 0 fully saturated rings. The highest BCUT2D eigenvalue weighted by atomic mass is 32.2. The van der Waals surface area contributed by atoms with Crippen LogP contribution in [0.4, 0.5) is 5.69 Å². The summed E-state index contributed by atoms with van der Waals surface area (Å²) in [6.45, 7) is 3.55. The van der Waals surface area contributed by atoms with E-state index in [0.717, 1.165) is 0 Å². The molecule has 7 heteroatoms. The van der Waals surface area contributed by atoms with Gasteiger partial charge in [-0.05, 0) is 26.0 Å². The number of hydrogen-bond donors (Lipinski definition) is 2. The SMILES string of the molecule is CCOc1ccc(OC(C)S(=O)(=O)O)c(N)c1. The number of ether oxygens (including phenoxy) is 2. The van der Waals surface area contributed by atoms with Crippen LogP contribution in [0.15, 0.2) is 18.2 Å². The van der Waals surface area contributed by atoms with Crippen LogP contribution >= 0.6 is 0 Å². The fourth-order valence-corrected chi connectivity index (χ4v) is 1.36. The smallest absolute Gasteiger partial charge is 0.303 e. The molecule has 1 atom stereocenters. The normalized spacial score (nSPS) is 13.1. The first kappa shape index (κ1) is 13.6. The van der Waals surface area contributed by atoms with Gasteiger partial charge in [-0.3, -0.25) is 4.55 Å². The van der Waals surface area contributed by atoms with Gasteiger partial charge in [0, 0.05) is 6.07 Å². The van der Waals surface area contributed by atoms with E-state index in [9.17, 15) is 8.42 Å². The zero-order chi connectivity index (χ0) is 13.1. The molecule has 0 aliphatic rings. The van der Waals surface area contributed by atoms with Crippen molar-refractivity contribution in [1.29, 1.82) is 0 Å². The van der Waals surface area contributed by atoms with Crippen LogP contribution in [0.1, 0.15) is 13.8 Å². The standard InChI is InChI=1S/C10H15NO5S/c1-3-15-8-4-5-10(9(11)6-8)16-7(2)17(12,13)14/h4-7H,3,11H2,1-2H3,(H,12,13,14). The van der Waals surface area contributed by atoms with Crippen molar-refractivity contribution in [3.8, 4) is 11.5 Å². The first-order valence-corrected chi connectivity index (χ1v) is 6.50. The second kappa shape index (κ2) is 5.24. The Bertz CT molecular complexity index is 485. The van der Waals surface area contributed by atoms with Crippen LogP contribution in [-0.4, -0.2) is 25.0 Å². The first-order valence-electron chi connectivity index (χ1n) is 5.00. The molecule has 1 aromatic carbocycles. The van der Waals surface area contributed by atoms with Crippen molar-refractivity contribution in [3.05, 3.63) is 18.2 Å². The largest absolute Gasteiger partial charge is 0.494 e. The van der Waals surface area contributed by atoms with Gasteiger partial charge in [-0.1, -0.05) is 0 Å². The topological polar surface area (TPSA) is 98.8 Å². The molecule has 0 heterocycles. The number of hydrogen-bond acceptors (Lipinski definition) is 5. The van der Waals surface area contributed by atoms with Crippen LogP contribution in [0.5, 0.6) is 11.5 Å². The van der Waals surface area contributed by atoms with Crippen molar-refractivity contribution in [1.82, 2.24) is 0 Å². The average molecular weight is 261 g/mol. The Morgan fingerprint density at radius 2 is 2.12 bits per heavy atom. The average Bonchev–Trinajstić information content (AvgIpc) is 2.21. The van der Waals surface area contributed by atoms with Crippen LogP contribution in [0.3, 0.4) is 0 Å². The molecular formula is C10H15NO5S. The third kappa shape index (κ3) is 3.79. The molecule has 0 bridgehead atoms. The van der Waals surface area contributed by atoms with Gasteiger partial charge in [-0.2, -0.15) is 8.42 Å². The van der Waals surface area contributed by atoms with Crippen LogP contribution in [-0.2, 0) is 10.1 Å². The molecule has 0 saturated carbocycles. The first-order chi connectivity index (χ1) is 7.84. The Morgan fingerprint density at radius 3 is 2.59 bits per heavy atom. The van der Waals surface area contributed by atoms with Crippen molar-refractivity contribution in [2.24, 2.45) is 0 Å². The zero-order valence-corrected chi connectivity index (χ0v) is 10.4. The maximum absolute atomic E-state index is 10.8. The second-order valence-corrected chi connectivity index (χ2v) is 5.03. The molecule has 0 radical (unpaired) electrons. The minimum absolute atomic E-state index is 0.179. The van der Waals surface area contributed by atoms with E-state index in [1.807, 2.05) is 6.92 Å². The molecular weight excluding hydrogens is 246 g/mol. The summed E-state index contributed by atoms with van der Waals surface area (Å²) in [6.07, 6.45) is 0. The van der Waals surface area contributed by atoms with Crippen LogP contribution in [0.2, 0.25) is 0 Å². The third-order valence-corrected chi connectivity index (χ3v) is 2.94. The summed E-state index contributed by atoms with van der Waals surface area (Å²) in [6, 6.07) is 4.61. The third-order valence-electron chi connectivity index (χ3n) is 2.00. The highest BCUT2D eigenvalue weighted by Crippen LogP contribution is 2.27. The van der Waals surface area contributed by atoms with Gasteiger partial charge in [-0.15, -0.1) is 0 Å². The maximum Gasteiger partial charge on any atom is 0.303 e. The summed E-state index contributed by atoms with van der Waals surface area (Å²) in [5.41, 5.74) is 4.53. The molecule has 96 valence electrons. The summed E-state index contributed by atoms with van der Waals surface area (Å²) in [7, 11) is -4.25. The van der Waals surface area contributed by atoms with E-state index in [-0.39, 0.29) is 11.4 Å². The van der Waals surface area contributed by atoms with E-state index in [1.54, 1.807) is 6.07 Å². The fourth-order valence-electron chi connectivity index (χ4n) is 1.13. The predicted molar refractivity (Wildman–Crippen MR) is 63.7 cm³/mol. The molecule has 0 saturated heterocycles. The van der Waals surface area contributed by atoms with Gasteiger partial charge in [0.05, 0.1) is 12.3 Å². The van der Waals surface area contributed by atoms with Crippen molar-refractivity contribution < 1.29 is 22.4 Å². The number of rotatable bonds is 5. The molecule has 1 aromatic rings. The van der Waals surface area contributed by atoms with Crippen molar-refractivity contribution in [2.45, 2.75) is 19.3 Å². The Balaban J connectivity index is 2.86. The number of anilines is 1. The number of nitrogen functional groups attached to an aromatic ring is 1. The van der Waals surface area contributed by atoms with Crippen LogP contribution in [0.25, 0.3) is 0 Å². The van der Waals surface area contributed by atoms with E-state index in [4.69, 9.17) is 19.8 Å². The van der Waals surface area contributed by atoms with Crippen LogP contribution < -0.4 is 15.2 Å². The van der Waals surface area contributed by atoms with Gasteiger partial charge in [0.15, 0.2) is 0 Å². The van der Waals surface area contributed by atoms with Crippen LogP contribution in [0, 0.1) is 0 Å². The highest BCUT2D eigenvalue weighted by Gasteiger charge is 2.19. The molecule has 0 aromatic heterocycles. The minimum atomic E-state index is -4.25. The van der Waals surface area contributed by atoms with E-state index in [2.05, 4.69) is 0 Å². The van der Waals surface area contributed by atoms with Gasteiger partial charge >= 0.3 is 10.1 Å². The summed E-state index contributed by atoms with van der Waals surface area (Å²) < 4.78 is 40.6. The highest BCUT2D eigenvalue weighted by molar-refractivity contribution is 7.86. The molecule has 3 N–H and O–H groups in total. The number of benzene rings is 1. The molecule has 0 aliphatic heterocycles. The molecule has 0 spiro atoms. The number of nitrogens with two attached hydrogens (primary N) is 1. The lowest BCUT2D eigenvalue weighted by molar-refractivity contribution is 0.275. The van der Waals surface area contributed by atoms with Gasteiger partial charge in [0.25, 0.3) is 0 Å². The van der Waals surface area contributed by atoms with Gasteiger partial charge < -0.3 is 15.2 Å². The zero-order valence-electron chi connectivity index (χ0n) is 9.58. The predicted octanol–water partition coefficient (Wildman–Crippen LogP) is 1.28. The molecule has 1 rings (SSSR count). The molecule has 0 aliphatic carbocycles. The fraction of sp³-hybridized carbons (Fsp3) is 0.400. The van der Waals surface area contributed by atoms with Crippen molar-refractivity contribution in [3.63, 3.8) is 0 Å². The van der Waals surface area contributed by atoms with E-state index < -0.39 is 15.6 Å². The summed E-state index contributed by atoms with van der Waals surface area (Å²) in [4.78, 5) is 0. The molecule has 1 unspecified atom stereocenters. The lowest BCUT2D eigenvalue weighted by atomic mass is 10.3. The Labute approximate surface area is 100 Å². The Morgan fingerprint density at radius 1 is 1.47 bits per heavy atom. The van der Waals surface area contributed by atoms with Crippen molar-refractivity contribution >= 4 is 15.8 Å². The molecule has 17 heavy (non-hydrogen) atoms. The monoisotopic (exact) mass is 261 g/mol.